The molecule has 0 aliphatic rings. The number of fused-ring (bicyclic) bond motifs is 1. The fourth-order valence-corrected chi connectivity index (χ4v) is 3.14. The van der Waals surface area contributed by atoms with Gasteiger partial charge in [-0.3, -0.25) is 0 Å². The highest BCUT2D eigenvalue weighted by molar-refractivity contribution is 5.86. The van der Waals surface area contributed by atoms with Crippen molar-refractivity contribution in [1.82, 2.24) is 9.97 Å². The summed E-state index contributed by atoms with van der Waals surface area (Å²) < 4.78 is 0. The summed E-state index contributed by atoms with van der Waals surface area (Å²) in [6, 6.07) is 19.5. The number of rotatable bonds is 7. The van der Waals surface area contributed by atoms with E-state index in [2.05, 4.69) is 45.0 Å². The number of pyridine rings is 1. The lowest BCUT2D eigenvalue weighted by Crippen LogP contribution is -2.04. The fraction of sp³-hybridized carbons (Fsp3) is 0.0909. The second-order valence-electron chi connectivity index (χ2n) is 6.47. The lowest BCUT2D eigenvalue weighted by atomic mass is 10.1. The first-order valence-corrected chi connectivity index (χ1v) is 9.04. The van der Waals surface area contributed by atoms with Crippen molar-refractivity contribution in [1.29, 1.82) is 0 Å². The minimum atomic E-state index is -1.04. The van der Waals surface area contributed by atoms with Crippen molar-refractivity contribution in [3.8, 4) is 0 Å². The summed E-state index contributed by atoms with van der Waals surface area (Å²) in [5, 5.41) is 16.9. The molecule has 4 aromatic rings. The zero-order valence-electron chi connectivity index (χ0n) is 15.1. The van der Waals surface area contributed by atoms with Gasteiger partial charge in [0.05, 0.1) is 0 Å². The summed E-state index contributed by atoms with van der Waals surface area (Å²) in [6.07, 6.45) is 4.48. The Bertz CT molecular complexity index is 1100. The van der Waals surface area contributed by atoms with Gasteiger partial charge in [0, 0.05) is 46.9 Å². The van der Waals surface area contributed by atoms with E-state index in [9.17, 15) is 4.79 Å². The van der Waals surface area contributed by atoms with E-state index in [1.165, 1.54) is 23.2 Å². The molecular weight excluding hydrogens is 352 g/mol. The smallest absolute Gasteiger partial charge is 0.354 e. The number of hydrogen-bond acceptors (Lipinski definition) is 4. The Morgan fingerprint density at radius 1 is 1.00 bits per heavy atom. The molecule has 6 heteroatoms. The minimum Gasteiger partial charge on any atom is -0.477 e. The van der Waals surface area contributed by atoms with Gasteiger partial charge in [0.15, 0.2) is 0 Å². The summed E-state index contributed by atoms with van der Waals surface area (Å²) in [4.78, 5) is 18.1. The normalized spacial score (nSPS) is 10.7. The average molecular weight is 372 g/mol. The van der Waals surface area contributed by atoms with E-state index in [-0.39, 0.29) is 5.69 Å². The summed E-state index contributed by atoms with van der Waals surface area (Å²) in [7, 11) is 0. The Morgan fingerprint density at radius 3 is 2.61 bits per heavy atom. The van der Waals surface area contributed by atoms with Crippen LogP contribution in [0.1, 0.15) is 16.1 Å². The van der Waals surface area contributed by atoms with E-state index in [0.29, 0.717) is 5.69 Å². The molecular formula is C22H20N4O2. The molecule has 4 N–H and O–H groups in total. The number of nitrogens with zero attached hydrogens (tertiary/aromatic N) is 1. The number of benzene rings is 2. The Balaban J connectivity index is 1.34. The average Bonchev–Trinajstić information content (AvgIpc) is 3.13. The lowest BCUT2D eigenvalue weighted by Gasteiger charge is -2.09. The van der Waals surface area contributed by atoms with E-state index in [4.69, 9.17) is 5.11 Å². The maximum absolute atomic E-state index is 11.0. The van der Waals surface area contributed by atoms with Crippen LogP contribution in [0.5, 0.6) is 0 Å². The van der Waals surface area contributed by atoms with Crippen LogP contribution in [0, 0.1) is 0 Å². The molecule has 0 spiro atoms. The number of H-pyrrole nitrogens is 1. The zero-order chi connectivity index (χ0) is 19.3. The number of aromatic nitrogens is 2. The molecule has 0 atom stereocenters. The van der Waals surface area contributed by atoms with E-state index in [1.807, 2.05) is 30.3 Å². The molecule has 0 saturated carbocycles. The van der Waals surface area contributed by atoms with Crippen LogP contribution in [-0.4, -0.2) is 27.6 Å². The fourth-order valence-electron chi connectivity index (χ4n) is 3.14. The molecule has 0 radical (unpaired) electrons. The van der Waals surface area contributed by atoms with Gasteiger partial charge in [-0.15, -0.1) is 0 Å². The summed E-state index contributed by atoms with van der Waals surface area (Å²) in [6.45, 7) is 0.834. The molecule has 0 amide bonds. The van der Waals surface area contributed by atoms with Gasteiger partial charge in [0.2, 0.25) is 0 Å². The maximum atomic E-state index is 11.0. The standard InChI is InChI=1S/C22H20N4O2/c27-22(28)21-13-18(10-12-24-21)26-17-7-5-16(6-8-17)23-11-9-15-14-25-20-4-2-1-3-19(15)20/h1-8,10,12-14,23,25H,9,11H2,(H,24,26)(H,27,28). The molecule has 28 heavy (non-hydrogen) atoms. The summed E-state index contributed by atoms with van der Waals surface area (Å²) in [5.41, 5.74) is 5.08. The molecule has 0 fully saturated rings. The minimum absolute atomic E-state index is 0.0144. The van der Waals surface area contributed by atoms with Gasteiger partial charge in [-0.1, -0.05) is 18.2 Å². The predicted molar refractivity (Wildman–Crippen MR) is 111 cm³/mol. The number of nitrogens with one attached hydrogen (secondary N) is 3. The number of aromatic carboxylic acids is 1. The topological polar surface area (TPSA) is 90.0 Å². The predicted octanol–water partition coefficient (Wildman–Crippen LogP) is 4.66. The highest BCUT2D eigenvalue weighted by atomic mass is 16.4. The SMILES string of the molecule is O=C(O)c1cc(Nc2ccc(NCCc3c[nH]c4ccccc34)cc2)ccn1. The van der Waals surface area contributed by atoms with Crippen molar-refractivity contribution in [2.24, 2.45) is 0 Å². The van der Waals surface area contributed by atoms with Crippen molar-refractivity contribution in [2.75, 3.05) is 17.2 Å². The van der Waals surface area contributed by atoms with Gasteiger partial charge in [0.1, 0.15) is 5.69 Å². The Morgan fingerprint density at radius 2 is 1.79 bits per heavy atom. The summed E-state index contributed by atoms with van der Waals surface area (Å²) in [5.74, 6) is -1.04. The van der Waals surface area contributed by atoms with Crippen molar-refractivity contribution in [2.45, 2.75) is 6.42 Å². The maximum Gasteiger partial charge on any atom is 0.354 e. The number of carbonyl (C=O) groups is 1. The summed E-state index contributed by atoms with van der Waals surface area (Å²) >= 11 is 0. The zero-order valence-corrected chi connectivity index (χ0v) is 15.1. The van der Waals surface area contributed by atoms with Gasteiger partial charge >= 0.3 is 5.97 Å². The third-order valence-electron chi connectivity index (χ3n) is 4.55. The Kier molecular flexibility index (Phi) is 4.93. The first-order valence-electron chi connectivity index (χ1n) is 9.04. The molecule has 6 nitrogen and oxygen atoms in total. The molecule has 0 saturated heterocycles. The van der Waals surface area contributed by atoms with E-state index in [0.717, 1.165) is 29.9 Å². The first-order chi connectivity index (χ1) is 13.7. The second-order valence-corrected chi connectivity index (χ2v) is 6.47. The van der Waals surface area contributed by atoms with Gasteiger partial charge in [-0.25, -0.2) is 9.78 Å². The van der Waals surface area contributed by atoms with E-state index < -0.39 is 5.97 Å². The van der Waals surface area contributed by atoms with Crippen LogP contribution in [0.15, 0.2) is 73.1 Å². The molecule has 4 rings (SSSR count). The molecule has 2 heterocycles. The van der Waals surface area contributed by atoms with E-state index in [1.54, 1.807) is 6.07 Å². The van der Waals surface area contributed by atoms with Crippen LogP contribution < -0.4 is 10.6 Å². The lowest BCUT2D eigenvalue weighted by molar-refractivity contribution is 0.0690. The molecule has 2 aromatic heterocycles. The monoisotopic (exact) mass is 372 g/mol. The number of hydrogen-bond donors (Lipinski definition) is 4. The highest BCUT2D eigenvalue weighted by Crippen LogP contribution is 2.20. The van der Waals surface area contributed by atoms with Crippen LogP contribution in [0.4, 0.5) is 17.1 Å². The quantitative estimate of drug-likeness (QED) is 0.379. The second kappa shape index (κ2) is 7.84. The van der Waals surface area contributed by atoms with Crippen LogP contribution in [0.2, 0.25) is 0 Å². The van der Waals surface area contributed by atoms with E-state index >= 15 is 0 Å². The number of carboxylic acid groups (broad SMARTS) is 1. The molecule has 0 bridgehead atoms. The number of para-hydroxylation sites is 1. The number of aromatic amines is 1. The van der Waals surface area contributed by atoms with Crippen molar-refractivity contribution < 1.29 is 9.90 Å². The number of anilines is 3. The third kappa shape index (κ3) is 3.96. The van der Waals surface area contributed by atoms with Crippen LogP contribution in [-0.2, 0) is 6.42 Å². The van der Waals surface area contributed by atoms with Gasteiger partial charge in [-0.2, -0.15) is 0 Å². The van der Waals surface area contributed by atoms with Crippen molar-refractivity contribution >= 4 is 33.9 Å². The van der Waals surface area contributed by atoms with Gasteiger partial charge in [0.25, 0.3) is 0 Å². The van der Waals surface area contributed by atoms with Crippen molar-refractivity contribution in [3.63, 3.8) is 0 Å². The first kappa shape index (κ1) is 17.6. The van der Waals surface area contributed by atoms with Crippen LogP contribution >= 0.6 is 0 Å². The molecule has 0 unspecified atom stereocenters. The molecule has 2 aromatic carbocycles. The molecule has 0 aliphatic heterocycles. The van der Waals surface area contributed by atoms with Crippen LogP contribution in [0.3, 0.4) is 0 Å². The molecule has 0 aliphatic carbocycles. The van der Waals surface area contributed by atoms with Gasteiger partial charge in [-0.05, 0) is 54.4 Å². The number of carboxylic acids is 1. The highest BCUT2D eigenvalue weighted by Gasteiger charge is 2.05. The van der Waals surface area contributed by atoms with Gasteiger partial charge < -0.3 is 20.7 Å². The Labute approximate surface area is 162 Å². The third-order valence-corrected chi connectivity index (χ3v) is 4.55. The molecule has 140 valence electrons. The van der Waals surface area contributed by atoms with Crippen LogP contribution in [0.25, 0.3) is 10.9 Å². The largest absolute Gasteiger partial charge is 0.477 e. The Hall–Kier alpha value is -3.80. The van der Waals surface area contributed by atoms with Crippen molar-refractivity contribution in [3.05, 3.63) is 84.3 Å².